The Morgan fingerprint density at radius 1 is 0.877 bits per heavy atom. The molecule has 0 radical (unpaired) electrons. The number of halogens is 4. The van der Waals surface area contributed by atoms with E-state index in [1.54, 1.807) is 26.0 Å². The highest BCUT2D eigenvalue weighted by molar-refractivity contribution is 7.54. The van der Waals surface area contributed by atoms with E-state index in [0.29, 0.717) is 36.1 Å². The molecule has 0 aliphatic carbocycles. The van der Waals surface area contributed by atoms with Crippen molar-refractivity contribution in [2.45, 2.75) is 70.1 Å². The lowest BCUT2D eigenvalue weighted by Crippen LogP contribution is -2.51. The SMILES string of the molecule is C/C(=C\C(=O)C[C@H]1CCc2cccc3c2N(C1=O)[C@H](C(=O)N[C@H](C)CCC(N)=O)C3)c1ccc(C(F)(F)P(=O)(OCOC(=O)c2ccccc2Cl)OCOC(=O)c2ccccc2Cl)cc1. The zero-order valence-corrected chi connectivity index (χ0v) is 37.5. The number of esters is 2. The van der Waals surface area contributed by atoms with E-state index < -0.39 is 73.9 Å². The van der Waals surface area contributed by atoms with E-state index in [4.69, 9.17) is 47.5 Å². The van der Waals surface area contributed by atoms with Gasteiger partial charge in [-0.3, -0.25) is 37.7 Å². The van der Waals surface area contributed by atoms with E-state index in [1.807, 2.05) is 18.2 Å². The number of carbonyl (C=O) groups is 6. The minimum atomic E-state index is -5.71. The van der Waals surface area contributed by atoms with Crippen molar-refractivity contribution in [1.82, 2.24) is 5.32 Å². The maximum absolute atomic E-state index is 16.3. The van der Waals surface area contributed by atoms with Gasteiger partial charge in [-0.15, -0.1) is 0 Å². The highest BCUT2D eigenvalue weighted by atomic mass is 35.5. The van der Waals surface area contributed by atoms with Crippen LogP contribution in [-0.2, 0) is 60.8 Å². The smallest absolute Gasteiger partial charge is 0.410 e. The number of benzene rings is 4. The number of hydrogen-bond acceptors (Lipinski definition) is 11. The number of primary amides is 1. The molecule has 3 amide bonds. The number of ether oxygens (including phenoxy) is 2. The van der Waals surface area contributed by atoms with Crippen LogP contribution in [0.2, 0.25) is 10.0 Å². The third kappa shape index (κ3) is 11.4. The summed E-state index contributed by atoms with van der Waals surface area (Å²) in [5, 5.41) is 2.88. The van der Waals surface area contributed by atoms with Crippen molar-refractivity contribution in [3.63, 3.8) is 0 Å². The molecule has 2 aliphatic heterocycles. The molecule has 0 saturated carbocycles. The fraction of sp³-hybridized carbons (Fsp3) is 0.304. The molecular weight excluding hydrogens is 910 g/mol. The number of hydrogen-bond donors (Lipinski definition) is 2. The topological polar surface area (TPSA) is 198 Å². The molecule has 14 nitrogen and oxygen atoms in total. The van der Waals surface area contributed by atoms with Crippen molar-refractivity contribution in [3.05, 3.63) is 140 Å². The van der Waals surface area contributed by atoms with Crippen LogP contribution in [0.3, 0.4) is 0 Å². The van der Waals surface area contributed by atoms with Crippen molar-refractivity contribution >= 4 is 77.5 Å². The van der Waals surface area contributed by atoms with Gasteiger partial charge in [-0.1, -0.05) is 89.9 Å². The summed E-state index contributed by atoms with van der Waals surface area (Å²) >= 11 is 12.1. The number of alkyl halides is 2. The molecule has 4 aromatic carbocycles. The van der Waals surface area contributed by atoms with Crippen LogP contribution in [-0.4, -0.2) is 61.1 Å². The number of nitrogens with one attached hydrogen (secondary N) is 1. The first-order chi connectivity index (χ1) is 30.9. The normalized spacial score (nSPS) is 16.6. The molecule has 19 heteroatoms. The Morgan fingerprint density at radius 3 is 2.02 bits per heavy atom. The van der Waals surface area contributed by atoms with Crippen molar-refractivity contribution in [1.29, 1.82) is 0 Å². The monoisotopic (exact) mass is 953 g/mol. The molecule has 0 fully saturated rings. The van der Waals surface area contributed by atoms with Crippen molar-refractivity contribution in [3.8, 4) is 0 Å². The van der Waals surface area contributed by atoms with Crippen LogP contribution in [0.25, 0.3) is 5.57 Å². The van der Waals surface area contributed by atoms with E-state index in [1.165, 1.54) is 59.5 Å². The lowest BCUT2D eigenvalue weighted by atomic mass is 9.92. The van der Waals surface area contributed by atoms with Crippen molar-refractivity contribution < 1.29 is 60.6 Å². The number of para-hydroxylation sites is 1. The highest BCUT2D eigenvalue weighted by Gasteiger charge is 2.56. The van der Waals surface area contributed by atoms with Crippen LogP contribution in [0.4, 0.5) is 14.5 Å². The zero-order valence-electron chi connectivity index (χ0n) is 35.1. The van der Waals surface area contributed by atoms with Crippen LogP contribution < -0.4 is 16.0 Å². The molecule has 6 rings (SSSR count). The van der Waals surface area contributed by atoms with E-state index in [9.17, 15) is 33.3 Å². The van der Waals surface area contributed by atoms with Gasteiger partial charge >= 0.3 is 25.2 Å². The van der Waals surface area contributed by atoms with Gasteiger partial charge in [-0.2, -0.15) is 8.78 Å². The maximum atomic E-state index is 16.3. The standard InChI is InChI=1S/C46H44Cl2F2N3O11P/c1-27(22-34(54)23-32-16-15-30-8-7-9-31-24-39(53(41(30)31)43(32)57)42(56)52-28(2)14-21-40(51)55)29-17-19-33(20-18-29)46(49,50)65(60,63-25-61-44(58)35-10-3-5-12-37(35)47)64-26-62-45(59)36-11-4-6-13-38(36)48/h3-13,17-20,22,28,32,39H,14-16,21,23-26H2,1-2H3,(H2,51,55)(H,52,56)/b27-22+/t28-,32-,39+/m1/s1. The third-order valence-electron chi connectivity index (χ3n) is 10.9. The van der Waals surface area contributed by atoms with Crippen molar-refractivity contribution in [2.75, 3.05) is 18.5 Å². The zero-order chi connectivity index (χ0) is 47.1. The van der Waals surface area contributed by atoms with Crippen LogP contribution in [0.1, 0.15) is 82.5 Å². The summed E-state index contributed by atoms with van der Waals surface area (Å²) in [6, 6.07) is 20.2. The van der Waals surface area contributed by atoms with Gasteiger partial charge in [0.1, 0.15) is 6.04 Å². The number of rotatable bonds is 19. The molecule has 0 saturated heterocycles. The second kappa shape index (κ2) is 21.0. The van der Waals surface area contributed by atoms with Gasteiger partial charge in [-0.25, -0.2) is 9.59 Å². The number of amides is 3. The molecule has 342 valence electrons. The average Bonchev–Trinajstić information content (AvgIpc) is 3.61. The number of nitrogens with zero attached hydrogens (tertiary/aromatic N) is 1. The Hall–Kier alpha value is -5.77. The Balaban J connectivity index is 1.15. The van der Waals surface area contributed by atoms with Gasteiger partial charge in [0.15, 0.2) is 5.78 Å². The Bertz CT molecular complexity index is 2510. The van der Waals surface area contributed by atoms with E-state index >= 15 is 8.78 Å². The molecule has 4 aromatic rings. The van der Waals surface area contributed by atoms with E-state index in [-0.39, 0.29) is 52.4 Å². The molecule has 0 aromatic heterocycles. The van der Waals surface area contributed by atoms with Gasteiger partial charge in [0.05, 0.1) is 26.9 Å². The van der Waals surface area contributed by atoms with Gasteiger partial charge < -0.3 is 20.5 Å². The maximum Gasteiger partial charge on any atom is 0.410 e. The van der Waals surface area contributed by atoms with E-state index in [0.717, 1.165) is 23.3 Å². The lowest BCUT2D eigenvalue weighted by molar-refractivity contribution is -0.129. The number of aryl methyl sites for hydroxylation is 1. The summed E-state index contributed by atoms with van der Waals surface area (Å²) in [5.41, 5.74) is 2.78. The van der Waals surface area contributed by atoms with Gasteiger partial charge in [0, 0.05) is 36.8 Å². The van der Waals surface area contributed by atoms with E-state index in [2.05, 4.69) is 5.32 Å². The Labute approximate surface area is 382 Å². The fourth-order valence-electron chi connectivity index (χ4n) is 7.48. The molecule has 3 atom stereocenters. The first-order valence-electron chi connectivity index (χ1n) is 20.3. The first-order valence-corrected chi connectivity index (χ1v) is 22.6. The number of allylic oxidation sites excluding steroid dienone is 2. The summed E-state index contributed by atoms with van der Waals surface area (Å²) in [4.78, 5) is 79.3. The molecule has 65 heavy (non-hydrogen) atoms. The molecule has 0 bridgehead atoms. The molecule has 2 heterocycles. The number of nitrogens with two attached hydrogens (primary N) is 1. The summed E-state index contributed by atoms with van der Waals surface area (Å²) < 4.78 is 66.3. The van der Waals surface area contributed by atoms with Crippen LogP contribution in [0.15, 0.2) is 97.1 Å². The molecule has 3 N–H and O–H groups in total. The van der Waals surface area contributed by atoms with Gasteiger partial charge in [-0.05, 0) is 85.7 Å². The summed E-state index contributed by atoms with van der Waals surface area (Å²) in [7, 11) is -5.71. The average molecular weight is 955 g/mol. The molecule has 0 unspecified atom stereocenters. The summed E-state index contributed by atoms with van der Waals surface area (Å²) in [6.45, 7) is 0.752. The number of anilines is 1. The predicted octanol–water partition coefficient (Wildman–Crippen LogP) is 8.55. The minimum absolute atomic E-state index is 0.00467. The fourth-order valence-corrected chi connectivity index (χ4v) is 9.16. The first kappa shape index (κ1) is 48.7. The Morgan fingerprint density at radius 2 is 1.45 bits per heavy atom. The second-order valence-electron chi connectivity index (χ2n) is 15.4. The Kier molecular flexibility index (Phi) is 15.8. The molecular formula is C46H44Cl2F2N3O11P. The third-order valence-corrected chi connectivity index (χ3v) is 13.4. The number of ketones is 1. The lowest BCUT2D eigenvalue weighted by Gasteiger charge is -2.28. The minimum Gasteiger partial charge on any atom is -0.434 e. The van der Waals surface area contributed by atoms with Crippen molar-refractivity contribution in [2.24, 2.45) is 11.7 Å². The predicted molar refractivity (Wildman–Crippen MR) is 236 cm³/mol. The summed E-state index contributed by atoms with van der Waals surface area (Å²) in [5.74, 6) is -4.63. The quantitative estimate of drug-likeness (QED) is 0.0395. The molecule has 0 spiro atoms. The number of carbonyl (C=O) groups excluding carboxylic acids is 6. The van der Waals surface area contributed by atoms with Crippen LogP contribution in [0, 0.1) is 5.92 Å². The highest BCUT2D eigenvalue weighted by Crippen LogP contribution is 2.67. The van der Waals surface area contributed by atoms with Crippen LogP contribution >= 0.6 is 30.8 Å². The second-order valence-corrected chi connectivity index (χ2v) is 18.3. The largest absolute Gasteiger partial charge is 0.434 e. The van der Waals surface area contributed by atoms with Gasteiger partial charge in [0.25, 0.3) is 0 Å². The van der Waals surface area contributed by atoms with Crippen LogP contribution in [0.5, 0.6) is 0 Å². The molecule has 2 aliphatic rings. The summed E-state index contributed by atoms with van der Waals surface area (Å²) in [6.07, 6.45) is 2.59. The van der Waals surface area contributed by atoms with Gasteiger partial charge in [0.2, 0.25) is 31.3 Å².